The van der Waals surface area contributed by atoms with Gasteiger partial charge >= 0.3 is 6.01 Å². The molecule has 0 aliphatic heterocycles. The lowest BCUT2D eigenvalue weighted by Crippen LogP contribution is -2.15. The monoisotopic (exact) mass is 312 g/mol. The summed E-state index contributed by atoms with van der Waals surface area (Å²) in [6.45, 7) is 3.65. The van der Waals surface area contributed by atoms with Crippen molar-refractivity contribution >= 4 is 29.2 Å². The van der Waals surface area contributed by atoms with E-state index < -0.39 is 5.82 Å². The Balaban J connectivity index is 2.29. The zero-order valence-electron chi connectivity index (χ0n) is 11.4. The molecule has 0 radical (unpaired) electrons. The third-order valence-electron chi connectivity index (χ3n) is 2.26. The van der Waals surface area contributed by atoms with Gasteiger partial charge < -0.3 is 10.1 Å². The molecule has 0 atom stereocenters. The number of anilines is 3. The summed E-state index contributed by atoms with van der Waals surface area (Å²) in [5, 5.41) is 3.01. The minimum Gasteiger partial charge on any atom is -0.461 e. The van der Waals surface area contributed by atoms with E-state index in [4.69, 9.17) is 22.2 Å². The van der Waals surface area contributed by atoms with Crippen LogP contribution in [-0.4, -0.2) is 21.1 Å². The molecular weight excluding hydrogens is 299 g/mol. The minimum absolute atomic E-state index is 0.0739. The second-order valence-electron chi connectivity index (χ2n) is 4.33. The van der Waals surface area contributed by atoms with Crippen molar-refractivity contribution < 1.29 is 9.13 Å². The van der Waals surface area contributed by atoms with Gasteiger partial charge in [0, 0.05) is 5.02 Å². The van der Waals surface area contributed by atoms with E-state index in [0.29, 0.717) is 5.02 Å². The summed E-state index contributed by atoms with van der Waals surface area (Å²) in [5.41, 5.74) is 2.46. The van der Waals surface area contributed by atoms with Crippen molar-refractivity contribution in [2.75, 3.05) is 10.7 Å². The maximum absolute atomic E-state index is 13.7. The van der Waals surface area contributed by atoms with Gasteiger partial charge in [0.05, 0.1) is 11.8 Å². The summed E-state index contributed by atoms with van der Waals surface area (Å²) >= 11 is 5.69. The molecule has 4 N–H and O–H groups in total. The highest BCUT2D eigenvalue weighted by Crippen LogP contribution is 2.22. The van der Waals surface area contributed by atoms with Crippen LogP contribution in [0.2, 0.25) is 5.02 Å². The number of nitrogens with one attached hydrogen (secondary N) is 2. The standard InChI is InChI=1S/C12H14ClFN6O/c1-6(2)21-12-18-10(17-11(19-12)20-15)16-9-4-3-7(13)5-8(9)14/h3-6H,15H2,1-2H3,(H2,16,17,18,19,20). The van der Waals surface area contributed by atoms with Crippen molar-refractivity contribution in [3.63, 3.8) is 0 Å². The second-order valence-corrected chi connectivity index (χ2v) is 4.76. The van der Waals surface area contributed by atoms with Gasteiger partial charge in [-0.3, -0.25) is 5.43 Å². The predicted octanol–water partition coefficient (Wildman–Crippen LogP) is 2.48. The summed E-state index contributed by atoms with van der Waals surface area (Å²) in [7, 11) is 0. The van der Waals surface area contributed by atoms with Crippen LogP contribution in [0.1, 0.15) is 13.8 Å². The molecule has 0 aliphatic rings. The fourth-order valence-electron chi connectivity index (χ4n) is 1.45. The van der Waals surface area contributed by atoms with E-state index >= 15 is 0 Å². The molecule has 2 rings (SSSR count). The fourth-order valence-corrected chi connectivity index (χ4v) is 1.61. The number of benzene rings is 1. The van der Waals surface area contributed by atoms with E-state index in [9.17, 15) is 4.39 Å². The first kappa shape index (κ1) is 15.2. The van der Waals surface area contributed by atoms with Crippen LogP contribution in [-0.2, 0) is 0 Å². The number of hydrogen-bond acceptors (Lipinski definition) is 7. The Morgan fingerprint density at radius 3 is 2.57 bits per heavy atom. The Morgan fingerprint density at radius 1 is 1.24 bits per heavy atom. The van der Waals surface area contributed by atoms with Gasteiger partial charge in [0.15, 0.2) is 0 Å². The van der Waals surface area contributed by atoms with E-state index in [1.807, 2.05) is 13.8 Å². The van der Waals surface area contributed by atoms with E-state index in [1.165, 1.54) is 12.1 Å². The van der Waals surface area contributed by atoms with Crippen molar-refractivity contribution in [3.8, 4) is 6.01 Å². The van der Waals surface area contributed by atoms with Crippen LogP contribution in [0.3, 0.4) is 0 Å². The van der Waals surface area contributed by atoms with Crippen molar-refractivity contribution in [2.45, 2.75) is 20.0 Å². The van der Waals surface area contributed by atoms with E-state index in [2.05, 4.69) is 25.7 Å². The molecule has 0 spiro atoms. The Morgan fingerprint density at radius 2 is 1.95 bits per heavy atom. The highest BCUT2D eigenvalue weighted by molar-refractivity contribution is 6.30. The van der Waals surface area contributed by atoms with Gasteiger partial charge in [0.2, 0.25) is 11.9 Å². The van der Waals surface area contributed by atoms with Crippen LogP contribution in [0.15, 0.2) is 18.2 Å². The summed E-state index contributed by atoms with van der Waals surface area (Å²) < 4.78 is 19.1. The molecule has 0 unspecified atom stereocenters. The molecule has 2 aromatic rings. The number of ether oxygens (including phenoxy) is 1. The normalized spacial score (nSPS) is 10.6. The van der Waals surface area contributed by atoms with Crippen LogP contribution in [0.5, 0.6) is 6.01 Å². The zero-order chi connectivity index (χ0) is 15.4. The van der Waals surface area contributed by atoms with Crippen LogP contribution in [0.4, 0.5) is 22.0 Å². The number of halogens is 2. The first-order valence-corrected chi connectivity index (χ1v) is 6.47. The summed E-state index contributed by atoms with van der Waals surface area (Å²) in [6.07, 6.45) is -0.127. The molecule has 1 aromatic carbocycles. The third kappa shape index (κ3) is 4.14. The molecule has 0 bridgehead atoms. The second kappa shape index (κ2) is 6.51. The molecule has 0 saturated heterocycles. The number of hydrazine groups is 1. The summed E-state index contributed by atoms with van der Waals surface area (Å²) in [6, 6.07) is 4.27. The average Bonchev–Trinajstić information content (AvgIpc) is 2.41. The molecule has 9 heteroatoms. The molecule has 0 amide bonds. The molecular formula is C12H14ClFN6O. The van der Waals surface area contributed by atoms with Crippen LogP contribution in [0.25, 0.3) is 0 Å². The molecule has 1 heterocycles. The van der Waals surface area contributed by atoms with Crippen molar-refractivity contribution in [2.24, 2.45) is 5.84 Å². The Kier molecular flexibility index (Phi) is 4.71. The maximum atomic E-state index is 13.7. The Hall–Kier alpha value is -2.19. The summed E-state index contributed by atoms with van der Waals surface area (Å²) in [5.74, 6) is 4.94. The lowest BCUT2D eigenvalue weighted by atomic mass is 10.3. The van der Waals surface area contributed by atoms with Crippen molar-refractivity contribution in [1.82, 2.24) is 15.0 Å². The van der Waals surface area contributed by atoms with Crippen LogP contribution < -0.4 is 21.3 Å². The Bertz CT molecular complexity index is 639. The van der Waals surface area contributed by atoms with Crippen LogP contribution >= 0.6 is 11.6 Å². The largest absolute Gasteiger partial charge is 0.461 e. The smallest absolute Gasteiger partial charge is 0.323 e. The van der Waals surface area contributed by atoms with E-state index in [1.54, 1.807) is 6.07 Å². The zero-order valence-corrected chi connectivity index (χ0v) is 12.1. The van der Waals surface area contributed by atoms with Gasteiger partial charge in [-0.2, -0.15) is 15.0 Å². The SMILES string of the molecule is CC(C)Oc1nc(NN)nc(Nc2ccc(Cl)cc2F)n1. The van der Waals surface area contributed by atoms with Gasteiger partial charge in [0.1, 0.15) is 5.82 Å². The highest BCUT2D eigenvalue weighted by atomic mass is 35.5. The van der Waals surface area contributed by atoms with Gasteiger partial charge in [-0.1, -0.05) is 11.6 Å². The molecule has 0 saturated carbocycles. The number of rotatable bonds is 5. The Labute approximate surface area is 125 Å². The molecule has 7 nitrogen and oxygen atoms in total. The topological polar surface area (TPSA) is 98.0 Å². The van der Waals surface area contributed by atoms with Gasteiger partial charge in [-0.05, 0) is 32.0 Å². The predicted molar refractivity (Wildman–Crippen MR) is 78.1 cm³/mol. The first-order chi connectivity index (χ1) is 9.97. The number of nitrogens with zero attached hydrogens (tertiary/aromatic N) is 3. The minimum atomic E-state index is -0.531. The third-order valence-corrected chi connectivity index (χ3v) is 2.50. The van der Waals surface area contributed by atoms with E-state index in [0.717, 1.165) is 0 Å². The summed E-state index contributed by atoms with van der Waals surface area (Å²) in [4.78, 5) is 11.9. The molecule has 1 aromatic heterocycles. The number of nitrogen functional groups attached to an aromatic ring is 1. The molecule has 0 aliphatic carbocycles. The number of hydrogen-bond donors (Lipinski definition) is 3. The lowest BCUT2D eigenvalue weighted by Gasteiger charge is -2.11. The lowest BCUT2D eigenvalue weighted by molar-refractivity contribution is 0.222. The first-order valence-electron chi connectivity index (χ1n) is 6.09. The van der Waals surface area contributed by atoms with Crippen LogP contribution in [0, 0.1) is 5.82 Å². The van der Waals surface area contributed by atoms with Crippen molar-refractivity contribution in [1.29, 1.82) is 0 Å². The van der Waals surface area contributed by atoms with Gasteiger partial charge in [-0.15, -0.1) is 0 Å². The quantitative estimate of drug-likeness (QED) is 0.576. The van der Waals surface area contributed by atoms with Gasteiger partial charge in [-0.25, -0.2) is 10.2 Å². The highest BCUT2D eigenvalue weighted by Gasteiger charge is 2.10. The number of aromatic nitrogens is 3. The molecule has 21 heavy (non-hydrogen) atoms. The van der Waals surface area contributed by atoms with E-state index in [-0.39, 0.29) is 29.7 Å². The average molecular weight is 313 g/mol. The molecule has 0 fully saturated rings. The fraction of sp³-hybridized carbons (Fsp3) is 0.250. The molecule has 112 valence electrons. The number of nitrogens with two attached hydrogens (primary N) is 1. The van der Waals surface area contributed by atoms with Gasteiger partial charge in [0.25, 0.3) is 0 Å². The maximum Gasteiger partial charge on any atom is 0.323 e. The van der Waals surface area contributed by atoms with Crippen molar-refractivity contribution in [3.05, 3.63) is 29.0 Å².